The number of ether oxygens (including phenoxy) is 2. The van der Waals surface area contributed by atoms with Gasteiger partial charge in [0, 0.05) is 22.8 Å². The standard InChI is InChI=1S/C25H21FN2O5/c1-32-18-9-10-20(33-2)19(12-18)22-21(23(29)16-5-7-17(26)8-6-16)24(30)25(31)28(22)14-15-4-3-11-27-13-15/h3-13,21-22H,14H2,1-2H3/p+1. The molecule has 1 aliphatic heterocycles. The van der Waals surface area contributed by atoms with Crippen molar-refractivity contribution in [3.8, 4) is 11.5 Å². The second-order valence-electron chi connectivity index (χ2n) is 7.61. The number of amides is 1. The van der Waals surface area contributed by atoms with E-state index in [4.69, 9.17) is 9.47 Å². The number of nitrogens with one attached hydrogen (secondary N) is 1. The summed E-state index contributed by atoms with van der Waals surface area (Å²) in [4.78, 5) is 44.1. The van der Waals surface area contributed by atoms with Gasteiger partial charge in [0.05, 0.1) is 26.8 Å². The smallest absolute Gasteiger partial charge is 0.291 e. The number of carbonyl (C=O) groups is 3. The molecule has 1 N–H and O–H groups in total. The zero-order valence-electron chi connectivity index (χ0n) is 18.1. The van der Waals surface area contributed by atoms with E-state index in [9.17, 15) is 18.8 Å². The maximum atomic E-state index is 13.4. The molecule has 0 saturated carbocycles. The largest absolute Gasteiger partial charge is 0.497 e. The molecule has 0 aliphatic carbocycles. The fraction of sp³-hybridized carbons (Fsp3) is 0.200. The highest BCUT2D eigenvalue weighted by Crippen LogP contribution is 2.43. The van der Waals surface area contributed by atoms with Crippen LogP contribution in [-0.4, -0.2) is 36.6 Å². The van der Waals surface area contributed by atoms with Gasteiger partial charge in [-0.25, -0.2) is 9.37 Å². The van der Waals surface area contributed by atoms with Crippen LogP contribution in [0.15, 0.2) is 67.0 Å². The van der Waals surface area contributed by atoms with E-state index >= 15 is 0 Å². The van der Waals surface area contributed by atoms with E-state index in [-0.39, 0.29) is 12.1 Å². The Kier molecular flexibility index (Phi) is 6.17. The third-order valence-corrected chi connectivity index (χ3v) is 5.70. The Bertz CT molecular complexity index is 1200. The molecule has 0 bridgehead atoms. The minimum absolute atomic E-state index is 0.0974. The van der Waals surface area contributed by atoms with Crippen molar-refractivity contribution in [3.63, 3.8) is 0 Å². The van der Waals surface area contributed by atoms with E-state index in [0.29, 0.717) is 17.1 Å². The predicted octanol–water partition coefficient (Wildman–Crippen LogP) is 2.81. The van der Waals surface area contributed by atoms with Gasteiger partial charge in [-0.15, -0.1) is 0 Å². The number of likely N-dealkylation sites (tertiary alicyclic amines) is 1. The van der Waals surface area contributed by atoms with Crippen LogP contribution in [0.1, 0.15) is 27.5 Å². The normalized spacial score (nSPS) is 17.8. The summed E-state index contributed by atoms with van der Waals surface area (Å²) in [6.07, 6.45) is 3.44. The number of benzene rings is 2. The number of Topliss-reactive ketones (excluding diaryl/α,β-unsaturated/α-hetero) is 2. The number of nitrogens with zero attached hydrogens (tertiary/aromatic N) is 1. The SMILES string of the molecule is COc1ccc(OC)c(C2C(C(=O)c3ccc(F)cc3)C(=O)C(=O)N2Cc2ccc[nH+]c2)c1. The lowest BCUT2D eigenvalue weighted by Gasteiger charge is -2.28. The van der Waals surface area contributed by atoms with E-state index in [1.165, 1.54) is 31.3 Å². The summed E-state index contributed by atoms with van der Waals surface area (Å²) >= 11 is 0. The number of ketones is 2. The molecule has 2 atom stereocenters. The van der Waals surface area contributed by atoms with Crippen molar-refractivity contribution in [2.75, 3.05) is 14.2 Å². The van der Waals surface area contributed by atoms with Crippen LogP contribution in [0.25, 0.3) is 0 Å². The van der Waals surface area contributed by atoms with Gasteiger partial charge in [0.15, 0.2) is 18.2 Å². The third-order valence-electron chi connectivity index (χ3n) is 5.70. The first-order valence-electron chi connectivity index (χ1n) is 10.3. The lowest BCUT2D eigenvalue weighted by atomic mass is 9.85. The van der Waals surface area contributed by atoms with Gasteiger partial charge in [-0.05, 0) is 48.5 Å². The van der Waals surface area contributed by atoms with Crippen molar-refractivity contribution in [2.24, 2.45) is 5.92 Å². The number of H-pyrrole nitrogens is 1. The number of carbonyl (C=O) groups excluding carboxylic acids is 3. The average Bonchev–Trinajstić information content (AvgIpc) is 3.09. The van der Waals surface area contributed by atoms with Crippen molar-refractivity contribution < 1.29 is 33.2 Å². The van der Waals surface area contributed by atoms with Crippen molar-refractivity contribution >= 4 is 17.5 Å². The average molecular weight is 449 g/mol. The second-order valence-corrected chi connectivity index (χ2v) is 7.61. The van der Waals surface area contributed by atoms with Crippen LogP contribution >= 0.6 is 0 Å². The molecular weight excluding hydrogens is 427 g/mol. The summed E-state index contributed by atoms with van der Waals surface area (Å²) < 4.78 is 24.3. The molecule has 2 unspecified atom stereocenters. The van der Waals surface area contributed by atoms with Crippen LogP contribution < -0.4 is 14.5 Å². The van der Waals surface area contributed by atoms with Crippen molar-refractivity contribution in [3.05, 3.63) is 89.5 Å². The van der Waals surface area contributed by atoms with E-state index in [1.807, 2.05) is 6.07 Å². The van der Waals surface area contributed by atoms with Gasteiger partial charge >= 0.3 is 0 Å². The zero-order chi connectivity index (χ0) is 23.5. The summed E-state index contributed by atoms with van der Waals surface area (Å²) in [6, 6.07) is 12.6. The number of hydrogen-bond donors (Lipinski definition) is 0. The fourth-order valence-corrected chi connectivity index (χ4v) is 4.09. The van der Waals surface area contributed by atoms with Crippen molar-refractivity contribution in [1.82, 2.24) is 4.90 Å². The van der Waals surface area contributed by atoms with Gasteiger partial charge in [-0.1, -0.05) is 0 Å². The number of hydrogen-bond acceptors (Lipinski definition) is 5. The van der Waals surface area contributed by atoms with E-state index in [2.05, 4.69) is 4.98 Å². The van der Waals surface area contributed by atoms with Gasteiger partial charge in [-0.3, -0.25) is 14.4 Å². The first-order chi connectivity index (χ1) is 15.9. The summed E-state index contributed by atoms with van der Waals surface area (Å²) in [5.74, 6) is -3.09. The van der Waals surface area contributed by atoms with Gasteiger partial charge in [0.25, 0.3) is 5.91 Å². The highest BCUT2D eigenvalue weighted by molar-refractivity contribution is 6.44. The minimum atomic E-state index is -1.32. The number of aromatic nitrogens is 1. The number of methoxy groups -OCH3 is 2. The number of aromatic amines is 1. The Morgan fingerprint density at radius 3 is 2.45 bits per heavy atom. The van der Waals surface area contributed by atoms with Gasteiger partial charge in [0.1, 0.15) is 23.2 Å². The number of halogens is 1. The van der Waals surface area contributed by atoms with Crippen LogP contribution in [0.5, 0.6) is 11.5 Å². The number of rotatable bonds is 7. The topological polar surface area (TPSA) is 87.0 Å². The van der Waals surface area contributed by atoms with Gasteiger partial charge in [0.2, 0.25) is 5.78 Å². The molecule has 168 valence electrons. The van der Waals surface area contributed by atoms with E-state index < -0.39 is 35.3 Å². The van der Waals surface area contributed by atoms with Crippen LogP contribution in [0, 0.1) is 11.7 Å². The van der Waals surface area contributed by atoms with Crippen molar-refractivity contribution in [1.29, 1.82) is 0 Å². The fourth-order valence-electron chi connectivity index (χ4n) is 4.09. The molecule has 2 heterocycles. The monoisotopic (exact) mass is 449 g/mol. The molecule has 1 aromatic heterocycles. The molecule has 1 saturated heterocycles. The Labute approximate surface area is 189 Å². The lowest BCUT2D eigenvalue weighted by molar-refractivity contribution is -0.378. The van der Waals surface area contributed by atoms with Crippen LogP contribution in [0.2, 0.25) is 0 Å². The van der Waals surface area contributed by atoms with E-state index in [0.717, 1.165) is 17.7 Å². The van der Waals surface area contributed by atoms with Gasteiger partial charge in [-0.2, -0.15) is 0 Å². The Balaban J connectivity index is 1.85. The molecule has 0 spiro atoms. The Morgan fingerprint density at radius 2 is 1.82 bits per heavy atom. The number of pyridine rings is 1. The lowest BCUT2D eigenvalue weighted by Crippen LogP contribution is -2.31. The molecule has 0 radical (unpaired) electrons. The predicted molar refractivity (Wildman–Crippen MR) is 115 cm³/mol. The molecule has 7 nitrogen and oxygen atoms in total. The molecule has 8 heteroatoms. The summed E-state index contributed by atoms with van der Waals surface area (Å²) in [6.45, 7) is 0.0974. The van der Waals surface area contributed by atoms with Gasteiger partial charge < -0.3 is 14.4 Å². The first-order valence-corrected chi connectivity index (χ1v) is 10.3. The first kappa shape index (κ1) is 22.1. The van der Waals surface area contributed by atoms with E-state index in [1.54, 1.807) is 36.7 Å². The second kappa shape index (κ2) is 9.20. The van der Waals surface area contributed by atoms with Crippen LogP contribution in [0.3, 0.4) is 0 Å². The van der Waals surface area contributed by atoms with Crippen LogP contribution in [0.4, 0.5) is 4.39 Å². The molecule has 2 aromatic carbocycles. The van der Waals surface area contributed by atoms with Crippen LogP contribution in [-0.2, 0) is 16.1 Å². The molecular formula is C25H22FN2O5+. The molecule has 3 aromatic rings. The third kappa shape index (κ3) is 4.19. The maximum absolute atomic E-state index is 13.4. The Hall–Kier alpha value is -4.07. The maximum Gasteiger partial charge on any atom is 0.291 e. The Morgan fingerprint density at radius 1 is 1.06 bits per heavy atom. The highest BCUT2D eigenvalue weighted by Gasteiger charge is 2.52. The minimum Gasteiger partial charge on any atom is -0.497 e. The highest BCUT2D eigenvalue weighted by atomic mass is 19.1. The summed E-state index contributed by atoms with van der Waals surface area (Å²) in [5, 5.41) is 0. The molecule has 1 fully saturated rings. The summed E-state index contributed by atoms with van der Waals surface area (Å²) in [7, 11) is 2.96. The quantitative estimate of drug-likeness (QED) is 0.315. The van der Waals surface area contributed by atoms with Crippen molar-refractivity contribution in [2.45, 2.75) is 12.6 Å². The molecule has 1 aliphatic rings. The molecule has 1 amide bonds. The molecule has 33 heavy (non-hydrogen) atoms. The molecule has 4 rings (SSSR count). The summed E-state index contributed by atoms with van der Waals surface area (Å²) in [5.41, 5.74) is 1.36. The zero-order valence-corrected chi connectivity index (χ0v) is 18.1.